The molecule has 0 amide bonds. The van der Waals surface area contributed by atoms with Crippen LogP contribution >= 0.6 is 0 Å². The Morgan fingerprint density at radius 1 is 1.27 bits per heavy atom. The van der Waals surface area contributed by atoms with Gasteiger partial charge in [-0.05, 0) is 51.8 Å². The quantitative estimate of drug-likeness (QED) is 0.753. The average Bonchev–Trinajstić information content (AvgIpc) is 2.37. The van der Waals surface area contributed by atoms with Crippen LogP contribution in [0.3, 0.4) is 0 Å². The summed E-state index contributed by atoms with van der Waals surface area (Å²) in [5.74, 6) is -1.96. The third kappa shape index (κ3) is 6.24. The number of rotatable bonds is 6. The molecule has 0 aliphatic carbocycles. The molecule has 0 bridgehead atoms. The number of halogens is 1. The van der Waals surface area contributed by atoms with Crippen LogP contribution in [0.2, 0.25) is 0 Å². The van der Waals surface area contributed by atoms with Gasteiger partial charge in [-0.25, -0.2) is 4.39 Å². The van der Waals surface area contributed by atoms with Crippen LogP contribution in [0.25, 0.3) is 0 Å². The molecule has 1 atom stereocenters. The topological polar surface area (TPSA) is 52.6 Å². The van der Waals surface area contributed by atoms with Gasteiger partial charge in [0.05, 0.1) is 12.5 Å². The summed E-state index contributed by atoms with van der Waals surface area (Å²) in [6.07, 6.45) is 0.286. The molecule has 122 valence electrons. The van der Waals surface area contributed by atoms with E-state index in [-0.39, 0.29) is 19.4 Å². The van der Waals surface area contributed by atoms with Crippen molar-refractivity contribution < 1.29 is 23.5 Å². The van der Waals surface area contributed by atoms with Gasteiger partial charge in [0.2, 0.25) is 0 Å². The lowest BCUT2D eigenvalue weighted by Crippen LogP contribution is -2.25. The molecule has 0 radical (unpaired) electrons. The Labute approximate surface area is 130 Å². The molecule has 0 fully saturated rings. The highest BCUT2D eigenvalue weighted by Crippen LogP contribution is 2.24. The van der Waals surface area contributed by atoms with Crippen LogP contribution in [0.15, 0.2) is 24.3 Å². The number of esters is 2. The van der Waals surface area contributed by atoms with Gasteiger partial charge in [0.15, 0.2) is 0 Å². The van der Waals surface area contributed by atoms with Crippen LogP contribution < -0.4 is 0 Å². The number of ether oxygens (including phenoxy) is 2. The van der Waals surface area contributed by atoms with Crippen molar-refractivity contribution in [1.82, 2.24) is 0 Å². The summed E-state index contributed by atoms with van der Waals surface area (Å²) >= 11 is 0. The summed E-state index contributed by atoms with van der Waals surface area (Å²) in [5, 5.41) is 0. The molecule has 0 saturated carbocycles. The molecule has 0 aromatic heterocycles. The molecular weight excluding hydrogens is 287 g/mol. The highest BCUT2D eigenvalue weighted by molar-refractivity contribution is 5.79. The fourth-order valence-electron chi connectivity index (χ4n) is 2.04. The zero-order chi connectivity index (χ0) is 16.8. The number of hydrogen-bond acceptors (Lipinski definition) is 4. The summed E-state index contributed by atoms with van der Waals surface area (Å²) in [6, 6.07) is 5.78. The second-order valence-corrected chi connectivity index (χ2v) is 5.98. The van der Waals surface area contributed by atoms with Gasteiger partial charge in [0.25, 0.3) is 0 Å². The third-order valence-electron chi connectivity index (χ3n) is 2.88. The lowest BCUT2D eigenvalue weighted by molar-refractivity contribution is -0.155. The summed E-state index contributed by atoms with van der Waals surface area (Å²) in [7, 11) is 0. The Kier molecular flexibility index (Phi) is 6.53. The van der Waals surface area contributed by atoms with Crippen LogP contribution in [0.5, 0.6) is 0 Å². The van der Waals surface area contributed by atoms with Crippen LogP contribution in [0.1, 0.15) is 52.0 Å². The zero-order valence-electron chi connectivity index (χ0n) is 13.5. The van der Waals surface area contributed by atoms with E-state index in [0.717, 1.165) is 0 Å². The van der Waals surface area contributed by atoms with Crippen molar-refractivity contribution in [1.29, 1.82) is 0 Å². The molecule has 1 aromatic rings. The van der Waals surface area contributed by atoms with E-state index in [9.17, 15) is 14.0 Å². The molecule has 22 heavy (non-hydrogen) atoms. The van der Waals surface area contributed by atoms with Crippen molar-refractivity contribution in [3.63, 3.8) is 0 Å². The highest BCUT2D eigenvalue weighted by Gasteiger charge is 2.25. The monoisotopic (exact) mass is 310 g/mol. The Morgan fingerprint density at radius 3 is 2.50 bits per heavy atom. The Morgan fingerprint density at radius 2 is 1.95 bits per heavy atom. The molecule has 1 aromatic carbocycles. The van der Waals surface area contributed by atoms with Crippen molar-refractivity contribution in [2.45, 2.75) is 52.1 Å². The molecule has 0 aliphatic heterocycles. The third-order valence-corrected chi connectivity index (χ3v) is 2.88. The Balaban J connectivity index is 2.79. The minimum absolute atomic E-state index is 0.0667. The van der Waals surface area contributed by atoms with E-state index in [1.54, 1.807) is 33.8 Å². The van der Waals surface area contributed by atoms with Gasteiger partial charge in [0, 0.05) is 6.42 Å². The molecule has 0 heterocycles. The van der Waals surface area contributed by atoms with Gasteiger partial charge in [-0.3, -0.25) is 9.59 Å². The van der Waals surface area contributed by atoms with E-state index in [4.69, 9.17) is 9.47 Å². The first-order chi connectivity index (χ1) is 10.2. The summed E-state index contributed by atoms with van der Waals surface area (Å²) < 4.78 is 23.6. The number of carbonyl (C=O) groups is 2. The maximum atomic E-state index is 13.4. The van der Waals surface area contributed by atoms with E-state index in [1.165, 1.54) is 18.2 Å². The van der Waals surface area contributed by atoms with Gasteiger partial charge in [0.1, 0.15) is 11.4 Å². The molecule has 1 rings (SSSR count). The van der Waals surface area contributed by atoms with Crippen LogP contribution in [0, 0.1) is 5.82 Å². The lowest BCUT2D eigenvalue weighted by Gasteiger charge is -2.21. The highest BCUT2D eigenvalue weighted by atomic mass is 19.1. The van der Waals surface area contributed by atoms with Gasteiger partial charge in [-0.1, -0.05) is 12.1 Å². The van der Waals surface area contributed by atoms with Gasteiger partial charge in [-0.15, -0.1) is 0 Å². The molecular formula is C17H23FO4. The average molecular weight is 310 g/mol. The van der Waals surface area contributed by atoms with Crippen LogP contribution in [-0.4, -0.2) is 24.1 Å². The Hall–Kier alpha value is -1.91. The molecule has 0 aliphatic rings. The number of benzene rings is 1. The first-order valence-electron chi connectivity index (χ1n) is 7.37. The Bertz CT molecular complexity index is 520. The summed E-state index contributed by atoms with van der Waals surface area (Å²) in [5.41, 5.74) is -0.0722. The molecule has 1 unspecified atom stereocenters. The zero-order valence-corrected chi connectivity index (χ0v) is 13.5. The van der Waals surface area contributed by atoms with Gasteiger partial charge < -0.3 is 9.47 Å². The van der Waals surface area contributed by atoms with E-state index in [1.807, 2.05) is 0 Å². The second-order valence-electron chi connectivity index (χ2n) is 5.98. The van der Waals surface area contributed by atoms with E-state index < -0.39 is 29.3 Å². The molecule has 0 N–H and O–H groups in total. The molecule has 4 nitrogen and oxygen atoms in total. The van der Waals surface area contributed by atoms with Crippen molar-refractivity contribution in [3.05, 3.63) is 35.6 Å². The van der Waals surface area contributed by atoms with Gasteiger partial charge >= 0.3 is 11.9 Å². The minimum Gasteiger partial charge on any atom is -0.466 e. The molecule has 0 saturated heterocycles. The SMILES string of the molecule is CCOC(=O)C(CCC(=O)OC(C)(C)C)c1cccc(F)c1. The van der Waals surface area contributed by atoms with Crippen LogP contribution in [0.4, 0.5) is 4.39 Å². The maximum Gasteiger partial charge on any atom is 0.313 e. The first-order valence-corrected chi connectivity index (χ1v) is 7.37. The number of hydrogen-bond donors (Lipinski definition) is 0. The van der Waals surface area contributed by atoms with Crippen molar-refractivity contribution in [2.75, 3.05) is 6.61 Å². The molecule has 0 spiro atoms. The largest absolute Gasteiger partial charge is 0.466 e. The predicted octanol–water partition coefficient (Wildman–Crippen LogP) is 3.59. The second kappa shape index (κ2) is 7.92. The normalized spacial score (nSPS) is 12.6. The standard InChI is InChI=1S/C17H23FO4/c1-5-21-16(20)14(12-7-6-8-13(18)11-12)9-10-15(19)22-17(2,3)4/h6-8,11,14H,5,9-10H2,1-4H3. The lowest BCUT2D eigenvalue weighted by atomic mass is 9.94. The van der Waals surface area contributed by atoms with Crippen LogP contribution in [-0.2, 0) is 19.1 Å². The summed E-state index contributed by atoms with van der Waals surface area (Å²) in [6.45, 7) is 7.27. The minimum atomic E-state index is -0.678. The van der Waals surface area contributed by atoms with Crippen molar-refractivity contribution in [3.8, 4) is 0 Å². The molecule has 5 heteroatoms. The maximum absolute atomic E-state index is 13.4. The van der Waals surface area contributed by atoms with E-state index in [0.29, 0.717) is 5.56 Å². The van der Waals surface area contributed by atoms with Gasteiger partial charge in [-0.2, -0.15) is 0 Å². The summed E-state index contributed by atoms with van der Waals surface area (Å²) in [4.78, 5) is 23.8. The van der Waals surface area contributed by atoms with Crippen molar-refractivity contribution >= 4 is 11.9 Å². The van der Waals surface area contributed by atoms with E-state index in [2.05, 4.69) is 0 Å². The first kappa shape index (κ1) is 18.1. The van der Waals surface area contributed by atoms with Crippen molar-refractivity contribution in [2.24, 2.45) is 0 Å². The smallest absolute Gasteiger partial charge is 0.313 e. The predicted molar refractivity (Wildman–Crippen MR) is 80.9 cm³/mol. The number of carbonyl (C=O) groups excluding carboxylic acids is 2. The fourth-order valence-corrected chi connectivity index (χ4v) is 2.04. The fraction of sp³-hybridized carbons (Fsp3) is 0.529. The van der Waals surface area contributed by atoms with E-state index >= 15 is 0 Å².